The van der Waals surface area contributed by atoms with Gasteiger partial charge in [-0.3, -0.25) is 19.2 Å². The molecule has 6 amide bonds. The maximum Gasteiger partial charge on any atom is 0.415 e. The number of phenols is 6. The normalized spacial score (nSPS) is 13.8. The second-order valence-electron chi connectivity index (χ2n) is 32.1. The van der Waals surface area contributed by atoms with E-state index < -0.39 is 30.3 Å². The number of hydrogen-bond acceptors (Lipinski definition) is 29. The molecule has 0 radical (unpaired) electrons. The van der Waals surface area contributed by atoms with Gasteiger partial charge in [0.1, 0.15) is 105 Å². The number of allylic oxidation sites excluding steroid dienone is 3. The fourth-order valence-corrected chi connectivity index (χ4v) is 15.3. The van der Waals surface area contributed by atoms with Crippen molar-refractivity contribution in [3.63, 3.8) is 0 Å². The molecule has 6 aliphatic rings. The van der Waals surface area contributed by atoms with Gasteiger partial charge in [-0.2, -0.15) is 0 Å². The van der Waals surface area contributed by atoms with Crippen molar-refractivity contribution in [2.24, 2.45) is 5.73 Å². The molecular weight excluding hydrogens is 1800 g/mol. The highest BCUT2D eigenvalue weighted by Crippen LogP contribution is 2.43. The average molecular weight is 1910 g/mol. The first kappa shape index (κ1) is 106. The Balaban J connectivity index is 0.000000183. The van der Waals surface area contributed by atoms with Crippen LogP contribution in [0.5, 0.6) is 92.0 Å². The van der Waals surface area contributed by atoms with E-state index >= 15 is 0 Å². The van der Waals surface area contributed by atoms with E-state index in [0.717, 1.165) is 113 Å². The highest BCUT2D eigenvalue weighted by Gasteiger charge is 2.33. The predicted molar refractivity (Wildman–Crippen MR) is 514 cm³/mol. The van der Waals surface area contributed by atoms with Crippen LogP contribution in [-0.2, 0) is 76.0 Å². The summed E-state index contributed by atoms with van der Waals surface area (Å²) in [7, 11) is 14.7. The number of benzene rings is 9. The number of likely N-dealkylation sites (tertiary alicyclic amines) is 1. The number of rotatable bonds is 26. The Hall–Kier alpha value is -16.3. The van der Waals surface area contributed by atoms with Gasteiger partial charge in [0.15, 0.2) is 18.9 Å². The molecule has 10 aromatic rings. The van der Waals surface area contributed by atoms with Crippen LogP contribution in [0.15, 0.2) is 190 Å². The minimum Gasteiger partial charge on any atom is -0.508 e. The van der Waals surface area contributed by atoms with Crippen molar-refractivity contribution in [2.75, 3.05) is 96.5 Å². The van der Waals surface area contributed by atoms with Gasteiger partial charge in [-0.15, -0.1) is 19.7 Å². The molecule has 0 saturated carbocycles. The van der Waals surface area contributed by atoms with E-state index in [9.17, 15) is 73.5 Å². The molecule has 1 atom stereocenters. The highest BCUT2D eigenvalue weighted by molar-refractivity contribution is 5.97. The maximum atomic E-state index is 12.1. The molecule has 10 N–H and O–H groups in total. The van der Waals surface area contributed by atoms with Crippen LogP contribution in [0.1, 0.15) is 122 Å². The summed E-state index contributed by atoms with van der Waals surface area (Å²) >= 11 is 0. The molecule has 139 heavy (non-hydrogen) atoms. The van der Waals surface area contributed by atoms with Gasteiger partial charge in [0.25, 0.3) is 0 Å². The van der Waals surface area contributed by atoms with Crippen molar-refractivity contribution < 1.29 is 136 Å². The number of aldehydes is 4. The standard InChI is InChI=1S/C26H30N4O4.C13H17NO5.C13H15NO3.C12H13NO4.C12H13NO3.2C10H10O3.C7H6O3/c1-28-16-19-5-6-23(33-2)21(24(19)34-26(28)32)10-13-29-11-8-20(9-12-29)30-14-7-17-3-4-18(25(27)31)15-22(17)30;1-14-6-8-3-4-11(18-2)10(5-9(16)7-15)12(8)19-13(14)17;1-4-5-10-11(16-3)7-6-9-8-14(2)13(15)17-12(9)10;1-13-7-8-3-4-10(16-2)9(5-6-14)11(8)17-12(13)15;1-3-4-9-10(14)6-5-8-7-13(2)12(15)16-11(8)9;1-2-5-13-9-4-3-8(7-11)10(12)6-9;1-2-3-8-9(12)5-4-7(6-11)10(8)13;8-4-5-1-2-6(9)3-7(5)10/h3-7,14-15,20H,8-13,16H2,1-2H3,(H2,27,31);3-4,9,15-16H,5-7H2,1-2H3;4,6-7H,1,5,8H2,2-3H3;3-4,6H,5,7H2,1-2H3;3,5-6,14H,1,4,7H2,2H3;2-4,6-7,12H,1,5H2;2,4-6,12-13H,1,3H2;1-4,9-10H. The molecule has 1 aromatic heterocycles. The molecular formula is C103H114N8O28. The summed E-state index contributed by atoms with van der Waals surface area (Å²) in [6.45, 7) is 19.6. The van der Waals surface area contributed by atoms with E-state index in [-0.39, 0.29) is 82.8 Å². The number of aliphatic hydroxyl groups is 2. The summed E-state index contributed by atoms with van der Waals surface area (Å²) in [5.74, 6) is 4.94. The molecule has 6 aliphatic heterocycles. The molecule has 36 heteroatoms. The number of primary amides is 1. The van der Waals surface area contributed by atoms with E-state index in [1.165, 1.54) is 70.2 Å². The molecule has 1 unspecified atom stereocenters. The second-order valence-corrected chi connectivity index (χ2v) is 32.1. The molecule has 734 valence electrons. The molecule has 0 bridgehead atoms. The van der Waals surface area contributed by atoms with Gasteiger partial charge >= 0.3 is 30.5 Å². The molecule has 0 aliphatic carbocycles. The van der Waals surface area contributed by atoms with Crippen molar-refractivity contribution in [1.29, 1.82) is 0 Å². The number of fused-ring (bicyclic) bond motifs is 6. The summed E-state index contributed by atoms with van der Waals surface area (Å²) in [4.78, 5) is 121. The van der Waals surface area contributed by atoms with Gasteiger partial charge in [0.2, 0.25) is 5.91 Å². The minimum atomic E-state index is -0.918. The van der Waals surface area contributed by atoms with E-state index in [2.05, 4.69) is 48.0 Å². The summed E-state index contributed by atoms with van der Waals surface area (Å²) in [5, 5.41) is 75.1. The lowest BCUT2D eigenvalue weighted by Crippen LogP contribution is -2.36. The first-order valence-corrected chi connectivity index (χ1v) is 43.6. The maximum absolute atomic E-state index is 12.1. The third kappa shape index (κ3) is 27.3. The van der Waals surface area contributed by atoms with E-state index in [0.29, 0.717) is 157 Å². The molecule has 16 rings (SSSR count). The third-order valence-corrected chi connectivity index (χ3v) is 22.6. The fraction of sp³-hybridized carbons (Fsp3) is 0.282. The Labute approximate surface area is 802 Å². The lowest BCUT2D eigenvalue weighted by Gasteiger charge is -2.33. The second kappa shape index (κ2) is 50.8. The summed E-state index contributed by atoms with van der Waals surface area (Å²) in [6, 6.07) is 37.5. The SMILES string of the molecule is C=CCOc1ccc(C=O)c(O)c1.C=CCc1c(O)ccc(C=O)c1O.C=CCc1c(O)ccc2c1OC(=O)N(C)C2.C=CCc1c(OC)ccc2c1OC(=O)N(C)C2.COc1ccc2c(c1CC(O)CO)OC(=O)N(C)C2.COc1ccc2c(c1CC=O)OC(=O)N(C)C2.COc1ccc2c(c1CCN1CCC(n3ccc4ccc(C(N)=O)cc43)CC1)OC(=O)N(C)C2.O=Cc1ccc(O)cc1O. The largest absolute Gasteiger partial charge is 0.508 e. The lowest BCUT2D eigenvalue weighted by molar-refractivity contribution is -0.107. The lowest BCUT2D eigenvalue weighted by atomic mass is 10.0. The van der Waals surface area contributed by atoms with Crippen molar-refractivity contribution in [3.8, 4) is 92.0 Å². The fourth-order valence-electron chi connectivity index (χ4n) is 15.3. The first-order valence-electron chi connectivity index (χ1n) is 43.6. The summed E-state index contributed by atoms with van der Waals surface area (Å²) < 4.78 is 55.3. The number of nitrogens with two attached hydrogens (primary N) is 1. The molecule has 0 spiro atoms. The summed E-state index contributed by atoms with van der Waals surface area (Å²) in [6.07, 6.45) is 12.8. The van der Waals surface area contributed by atoms with Crippen molar-refractivity contribution in [1.82, 2.24) is 34.0 Å². The number of hydrogen-bond donors (Lipinski definition) is 9. The summed E-state index contributed by atoms with van der Waals surface area (Å²) in [5.41, 5.74) is 16.3. The number of aromatic hydroxyl groups is 6. The number of aliphatic hydroxyl groups excluding tert-OH is 2. The van der Waals surface area contributed by atoms with Crippen LogP contribution in [0.4, 0.5) is 24.0 Å². The van der Waals surface area contributed by atoms with Crippen LogP contribution < -0.4 is 53.1 Å². The molecule has 7 heterocycles. The molecule has 36 nitrogen and oxygen atoms in total. The minimum absolute atomic E-state index is 0.0250. The monoisotopic (exact) mass is 1910 g/mol. The quantitative estimate of drug-likeness (QED) is 0.0180. The van der Waals surface area contributed by atoms with E-state index in [1.807, 2.05) is 48.5 Å². The number of methoxy groups -OCH3 is 4. The number of nitrogens with zero attached hydrogens (tertiary/aromatic N) is 7. The zero-order chi connectivity index (χ0) is 101. The van der Waals surface area contributed by atoms with Gasteiger partial charge in [-0.05, 0) is 159 Å². The third-order valence-electron chi connectivity index (χ3n) is 22.6. The Morgan fingerprint density at radius 2 is 0.849 bits per heavy atom. The number of piperidine rings is 1. The Bertz CT molecular complexity index is 6070. The topological polar surface area (TPSA) is 475 Å². The van der Waals surface area contributed by atoms with Crippen LogP contribution in [0.2, 0.25) is 0 Å². The van der Waals surface area contributed by atoms with Crippen LogP contribution in [0, 0.1) is 0 Å². The first-order chi connectivity index (χ1) is 66.7. The highest BCUT2D eigenvalue weighted by atomic mass is 16.6. The Kier molecular flexibility index (Phi) is 38.9. The zero-order valence-electron chi connectivity index (χ0n) is 78.6. The van der Waals surface area contributed by atoms with Gasteiger partial charge in [0.05, 0.1) is 90.6 Å². The van der Waals surface area contributed by atoms with Crippen LogP contribution in [0.3, 0.4) is 0 Å². The number of aromatic nitrogens is 1. The molecule has 1 saturated heterocycles. The van der Waals surface area contributed by atoms with Gasteiger partial charge in [0, 0.05) is 164 Å². The number of carbonyl (C=O) groups is 10. The average Bonchev–Trinajstić information content (AvgIpc) is 1.70. The van der Waals surface area contributed by atoms with Crippen molar-refractivity contribution in [2.45, 2.75) is 96.2 Å². The number of amides is 6. The predicted octanol–water partition coefficient (Wildman–Crippen LogP) is 14.2. The molecule has 9 aromatic carbocycles. The van der Waals surface area contributed by atoms with Crippen molar-refractivity contribution in [3.05, 3.63) is 274 Å². The van der Waals surface area contributed by atoms with Gasteiger partial charge in [-0.1, -0.05) is 36.9 Å². The Morgan fingerprint density at radius 3 is 1.28 bits per heavy atom. The van der Waals surface area contributed by atoms with Crippen LogP contribution in [0.25, 0.3) is 10.9 Å². The Morgan fingerprint density at radius 1 is 0.453 bits per heavy atom. The van der Waals surface area contributed by atoms with Gasteiger partial charge < -0.3 is 133 Å². The van der Waals surface area contributed by atoms with E-state index in [4.69, 9.17) is 68.4 Å². The van der Waals surface area contributed by atoms with Crippen LogP contribution in [-0.4, -0.2) is 239 Å². The van der Waals surface area contributed by atoms with Gasteiger partial charge in [-0.25, -0.2) is 24.0 Å². The number of carbonyl (C=O) groups excluding carboxylic acids is 10. The van der Waals surface area contributed by atoms with E-state index in [1.54, 1.807) is 115 Å². The zero-order valence-corrected chi connectivity index (χ0v) is 78.6. The number of phenolic OH excluding ortho intramolecular Hbond substituents is 6. The molecule has 1 fully saturated rings. The van der Waals surface area contributed by atoms with Crippen molar-refractivity contribution >= 4 is 72.4 Å². The van der Waals surface area contributed by atoms with Crippen LogP contribution >= 0.6 is 0 Å². The number of ether oxygens (including phenoxy) is 10. The smallest absolute Gasteiger partial charge is 0.415 e.